The molecule has 0 bridgehead atoms. The van der Waals surface area contributed by atoms with Crippen molar-refractivity contribution in [1.29, 1.82) is 0 Å². The Morgan fingerprint density at radius 2 is 2.21 bits per heavy atom. The first-order chi connectivity index (χ1) is 6.43. The van der Waals surface area contributed by atoms with Crippen molar-refractivity contribution in [3.05, 3.63) is 0 Å². The highest BCUT2D eigenvalue weighted by atomic mass is 79.9. The number of hydrogen-bond donors (Lipinski definition) is 0. The van der Waals surface area contributed by atoms with Crippen LogP contribution in [0, 0.1) is 0 Å². The van der Waals surface area contributed by atoms with Crippen LogP contribution < -0.4 is 0 Å². The summed E-state index contributed by atoms with van der Waals surface area (Å²) in [6.45, 7) is 6.28. The molecule has 1 saturated heterocycles. The SMILES string of the molecule is CO[Si]1(CCBr)OC(C)CC(C)(C)O1. The maximum atomic E-state index is 5.99. The molecule has 3 nitrogen and oxygen atoms in total. The Morgan fingerprint density at radius 3 is 2.64 bits per heavy atom. The maximum Gasteiger partial charge on any atom is 0.502 e. The summed E-state index contributed by atoms with van der Waals surface area (Å²) in [5.41, 5.74) is -0.123. The number of rotatable bonds is 3. The van der Waals surface area contributed by atoms with Crippen molar-refractivity contribution < 1.29 is 13.3 Å². The molecule has 0 radical (unpaired) electrons. The van der Waals surface area contributed by atoms with Crippen molar-refractivity contribution in [2.45, 2.75) is 44.9 Å². The molecule has 0 aliphatic carbocycles. The number of alkyl halides is 1. The third-order valence-electron chi connectivity index (χ3n) is 2.30. The first kappa shape index (κ1) is 12.6. The van der Waals surface area contributed by atoms with Crippen molar-refractivity contribution in [1.82, 2.24) is 0 Å². The Labute approximate surface area is 95.6 Å². The minimum atomic E-state index is -2.40. The molecule has 1 fully saturated rings. The zero-order valence-corrected chi connectivity index (χ0v) is 11.9. The van der Waals surface area contributed by atoms with Crippen LogP contribution in [0.5, 0.6) is 0 Å². The van der Waals surface area contributed by atoms with Gasteiger partial charge >= 0.3 is 8.80 Å². The van der Waals surface area contributed by atoms with Gasteiger partial charge in [-0.15, -0.1) is 0 Å². The van der Waals surface area contributed by atoms with E-state index in [0.717, 1.165) is 17.8 Å². The van der Waals surface area contributed by atoms with E-state index in [1.54, 1.807) is 7.11 Å². The van der Waals surface area contributed by atoms with Crippen molar-refractivity contribution in [2.24, 2.45) is 0 Å². The fourth-order valence-electron chi connectivity index (χ4n) is 1.94. The van der Waals surface area contributed by atoms with Gasteiger partial charge in [0.2, 0.25) is 0 Å². The quantitative estimate of drug-likeness (QED) is 0.588. The largest absolute Gasteiger partial charge is 0.502 e. The van der Waals surface area contributed by atoms with E-state index in [4.69, 9.17) is 13.3 Å². The summed E-state index contributed by atoms with van der Waals surface area (Å²) in [6, 6.07) is 0.831. The van der Waals surface area contributed by atoms with E-state index in [2.05, 4.69) is 36.7 Å². The molecular formula is C9H19BrO3Si. The lowest BCUT2D eigenvalue weighted by Gasteiger charge is -2.44. The van der Waals surface area contributed by atoms with Gasteiger partial charge in [-0.25, -0.2) is 0 Å². The highest BCUT2D eigenvalue weighted by Gasteiger charge is 2.49. The minimum Gasteiger partial charge on any atom is -0.377 e. The summed E-state index contributed by atoms with van der Waals surface area (Å²) in [6.07, 6.45) is 1.15. The van der Waals surface area contributed by atoms with E-state index in [1.165, 1.54) is 0 Å². The summed E-state index contributed by atoms with van der Waals surface area (Å²) in [5, 5.41) is 0.857. The zero-order valence-electron chi connectivity index (χ0n) is 9.30. The molecule has 1 heterocycles. The van der Waals surface area contributed by atoms with Crippen LogP contribution >= 0.6 is 15.9 Å². The van der Waals surface area contributed by atoms with Gasteiger partial charge in [-0.2, -0.15) is 0 Å². The lowest BCUT2D eigenvalue weighted by Crippen LogP contribution is -2.57. The molecule has 1 aliphatic rings. The van der Waals surface area contributed by atoms with Gasteiger partial charge in [-0.05, 0) is 27.2 Å². The predicted octanol–water partition coefficient (Wildman–Crippen LogP) is 2.57. The van der Waals surface area contributed by atoms with Gasteiger partial charge in [0.1, 0.15) is 0 Å². The third-order valence-corrected chi connectivity index (χ3v) is 6.54. The lowest BCUT2D eigenvalue weighted by molar-refractivity contribution is -0.0840. The predicted molar refractivity (Wildman–Crippen MR) is 61.7 cm³/mol. The molecule has 1 aliphatic heterocycles. The highest BCUT2D eigenvalue weighted by Crippen LogP contribution is 2.33. The molecule has 5 heteroatoms. The maximum absolute atomic E-state index is 5.99. The van der Waals surface area contributed by atoms with E-state index in [9.17, 15) is 0 Å². The van der Waals surface area contributed by atoms with Gasteiger partial charge in [0.05, 0.1) is 5.60 Å². The van der Waals surface area contributed by atoms with Crippen molar-refractivity contribution in [2.75, 3.05) is 12.4 Å². The van der Waals surface area contributed by atoms with Gasteiger partial charge in [-0.3, -0.25) is 0 Å². The molecule has 2 unspecified atom stereocenters. The van der Waals surface area contributed by atoms with Gasteiger partial charge < -0.3 is 13.3 Å². The topological polar surface area (TPSA) is 27.7 Å². The summed E-state index contributed by atoms with van der Waals surface area (Å²) in [5.74, 6) is 0. The molecule has 1 rings (SSSR count). The van der Waals surface area contributed by atoms with Crippen LogP contribution in [0.2, 0.25) is 6.04 Å². The molecule has 0 aromatic heterocycles. The fraction of sp³-hybridized carbons (Fsp3) is 1.00. The Bertz CT molecular complexity index is 200. The van der Waals surface area contributed by atoms with Crippen molar-refractivity contribution in [3.8, 4) is 0 Å². The average Bonchev–Trinajstić information content (AvgIpc) is 2.00. The first-order valence-electron chi connectivity index (χ1n) is 4.92. The third kappa shape index (κ3) is 3.03. The standard InChI is InChI=1S/C9H19BrO3Si/c1-8-7-9(2,3)13-14(11-4,12-8)6-5-10/h8H,5-7H2,1-4H3. The average molecular weight is 283 g/mol. The second-order valence-corrected chi connectivity index (χ2v) is 7.83. The molecule has 0 aromatic carbocycles. The summed E-state index contributed by atoms with van der Waals surface area (Å²) in [4.78, 5) is 0. The Balaban J connectivity index is 2.75. The monoisotopic (exact) mass is 282 g/mol. The Hall–Kier alpha value is 0.577. The number of hydrogen-bond acceptors (Lipinski definition) is 3. The zero-order chi connectivity index (χ0) is 10.8. The summed E-state index contributed by atoms with van der Waals surface area (Å²) >= 11 is 3.41. The van der Waals surface area contributed by atoms with Crippen LogP contribution in [0.3, 0.4) is 0 Å². The van der Waals surface area contributed by atoms with Gasteiger partial charge in [0, 0.05) is 24.6 Å². The van der Waals surface area contributed by atoms with Gasteiger partial charge in [0.25, 0.3) is 0 Å². The minimum absolute atomic E-state index is 0.123. The van der Waals surface area contributed by atoms with Crippen molar-refractivity contribution >= 4 is 24.7 Å². The summed E-state index contributed by atoms with van der Waals surface area (Å²) < 4.78 is 17.3. The van der Waals surface area contributed by atoms with Gasteiger partial charge in [-0.1, -0.05) is 15.9 Å². The lowest BCUT2D eigenvalue weighted by atomic mass is 10.0. The second-order valence-electron chi connectivity index (χ2n) is 4.32. The van der Waals surface area contributed by atoms with E-state index >= 15 is 0 Å². The number of halogens is 1. The van der Waals surface area contributed by atoms with Crippen molar-refractivity contribution in [3.63, 3.8) is 0 Å². The van der Waals surface area contributed by atoms with Crippen LogP contribution in [-0.4, -0.2) is 32.9 Å². The van der Waals surface area contributed by atoms with E-state index in [0.29, 0.717) is 0 Å². The Morgan fingerprint density at radius 1 is 1.57 bits per heavy atom. The highest BCUT2D eigenvalue weighted by molar-refractivity contribution is 9.09. The van der Waals surface area contributed by atoms with Crippen LogP contribution in [-0.2, 0) is 13.3 Å². The normalized spacial score (nSPS) is 37.1. The van der Waals surface area contributed by atoms with E-state index in [1.807, 2.05) is 0 Å². The van der Waals surface area contributed by atoms with E-state index in [-0.39, 0.29) is 11.7 Å². The fourth-order valence-corrected chi connectivity index (χ4v) is 5.91. The molecular weight excluding hydrogens is 264 g/mol. The van der Waals surface area contributed by atoms with Gasteiger partial charge in [0.15, 0.2) is 0 Å². The molecule has 0 N–H and O–H groups in total. The molecule has 2 atom stereocenters. The smallest absolute Gasteiger partial charge is 0.377 e. The molecule has 0 spiro atoms. The molecule has 0 amide bonds. The van der Waals surface area contributed by atoms with Crippen LogP contribution in [0.25, 0.3) is 0 Å². The second kappa shape index (κ2) is 4.61. The molecule has 14 heavy (non-hydrogen) atoms. The Kier molecular flexibility index (Phi) is 4.17. The molecule has 84 valence electrons. The molecule has 0 aromatic rings. The van der Waals surface area contributed by atoms with Crippen LogP contribution in [0.1, 0.15) is 27.2 Å². The first-order valence-corrected chi connectivity index (χ1v) is 7.97. The summed E-state index contributed by atoms with van der Waals surface area (Å²) in [7, 11) is -0.718. The molecule has 0 saturated carbocycles. The van der Waals surface area contributed by atoms with Crippen LogP contribution in [0.15, 0.2) is 0 Å². The van der Waals surface area contributed by atoms with Crippen LogP contribution in [0.4, 0.5) is 0 Å². The van der Waals surface area contributed by atoms with E-state index < -0.39 is 8.80 Å².